The number of nitriles is 1. The Labute approximate surface area is 222 Å². The zero-order chi connectivity index (χ0) is 27.7. The number of carbonyl (C=O) groups excluding carboxylic acids is 2. The summed E-state index contributed by atoms with van der Waals surface area (Å²) >= 11 is 0. The van der Waals surface area contributed by atoms with E-state index < -0.39 is 49.4 Å². The lowest BCUT2D eigenvalue weighted by Crippen LogP contribution is -2.43. The molecule has 0 radical (unpaired) electrons. The van der Waals surface area contributed by atoms with Gasteiger partial charge in [-0.25, -0.2) is 13.6 Å². The maximum atomic E-state index is 13.7. The predicted molar refractivity (Wildman–Crippen MR) is 139 cm³/mol. The zero-order valence-corrected chi connectivity index (χ0v) is 20.6. The number of hydrogen-bond donors (Lipinski definition) is 2. The Balaban J connectivity index is 1.31. The van der Waals surface area contributed by atoms with Gasteiger partial charge in [-0.3, -0.25) is 19.5 Å². The molecular formula is C28H23F2N5O4. The number of nitrogens with one attached hydrogen (secondary N) is 1. The highest BCUT2D eigenvalue weighted by molar-refractivity contribution is 6.07. The minimum atomic E-state index is -3.14. The molecule has 2 aliphatic rings. The van der Waals surface area contributed by atoms with Crippen LogP contribution >= 0.6 is 0 Å². The first kappa shape index (κ1) is 25.8. The van der Waals surface area contributed by atoms with Gasteiger partial charge in [0.05, 0.1) is 35.9 Å². The number of nitrogens with zero attached hydrogens (tertiary/aromatic N) is 4. The van der Waals surface area contributed by atoms with Crippen molar-refractivity contribution in [1.29, 1.82) is 5.26 Å². The molecule has 0 aliphatic carbocycles. The molecule has 2 aromatic carbocycles. The fraction of sp³-hybridized carbons (Fsp3) is 0.250. The monoisotopic (exact) mass is 531 g/mol. The van der Waals surface area contributed by atoms with Gasteiger partial charge in [0, 0.05) is 24.5 Å². The number of anilines is 1. The van der Waals surface area contributed by atoms with Crippen LogP contribution in [-0.4, -0.2) is 64.5 Å². The van der Waals surface area contributed by atoms with Crippen molar-refractivity contribution in [2.75, 3.05) is 24.5 Å². The van der Waals surface area contributed by atoms with Gasteiger partial charge in [-0.05, 0) is 53.4 Å². The molecule has 9 nitrogen and oxygen atoms in total. The molecule has 2 aliphatic heterocycles. The maximum absolute atomic E-state index is 13.7. The van der Waals surface area contributed by atoms with E-state index in [-0.39, 0.29) is 5.56 Å². The van der Waals surface area contributed by atoms with Crippen molar-refractivity contribution < 1.29 is 28.3 Å². The Morgan fingerprint density at radius 1 is 1.15 bits per heavy atom. The lowest BCUT2D eigenvalue weighted by Gasteiger charge is -2.19. The largest absolute Gasteiger partial charge is 0.465 e. The summed E-state index contributed by atoms with van der Waals surface area (Å²) in [5.41, 5.74) is 4.14. The Hall–Kier alpha value is -4.85. The second-order valence-electron chi connectivity index (χ2n) is 9.45. The molecule has 0 saturated carbocycles. The van der Waals surface area contributed by atoms with Crippen molar-refractivity contribution in [3.63, 3.8) is 0 Å². The van der Waals surface area contributed by atoms with Crippen LogP contribution in [0.4, 0.5) is 19.3 Å². The van der Waals surface area contributed by atoms with Crippen LogP contribution < -0.4 is 10.2 Å². The number of fused-ring (bicyclic) bond motifs is 2. The zero-order valence-electron chi connectivity index (χ0n) is 20.6. The summed E-state index contributed by atoms with van der Waals surface area (Å²) in [4.78, 5) is 43.2. The third kappa shape index (κ3) is 5.27. The van der Waals surface area contributed by atoms with Gasteiger partial charge in [0.25, 0.3) is 11.8 Å². The predicted octanol–water partition coefficient (Wildman–Crippen LogP) is 3.94. The summed E-state index contributed by atoms with van der Waals surface area (Å²) in [6.07, 6.45) is 4.15. The van der Waals surface area contributed by atoms with E-state index in [1.807, 2.05) is 30.4 Å². The van der Waals surface area contributed by atoms with Gasteiger partial charge in [-0.2, -0.15) is 5.26 Å². The lowest BCUT2D eigenvalue weighted by molar-refractivity contribution is -0.131. The maximum Gasteiger partial charge on any atom is 0.411 e. The molecular weight excluding hydrogens is 508 g/mol. The SMILES string of the molecule is N#C[C@@H]1CC(F)(F)CN1C(=O)CNC(=O)c1ccnc2ccc(/C=C/c3ccc4c(c3)CCN4C(=O)O)cc12. The molecule has 0 bridgehead atoms. The molecule has 3 aromatic rings. The molecule has 3 heterocycles. The Morgan fingerprint density at radius 3 is 2.64 bits per heavy atom. The quantitative estimate of drug-likeness (QED) is 0.481. The molecule has 198 valence electrons. The topological polar surface area (TPSA) is 127 Å². The summed E-state index contributed by atoms with van der Waals surface area (Å²) in [5.74, 6) is -4.46. The normalized spacial score (nSPS) is 17.8. The van der Waals surface area contributed by atoms with Crippen LogP contribution in [0, 0.1) is 11.3 Å². The van der Waals surface area contributed by atoms with Crippen molar-refractivity contribution in [2.45, 2.75) is 24.8 Å². The van der Waals surface area contributed by atoms with Crippen LogP contribution in [0.3, 0.4) is 0 Å². The van der Waals surface area contributed by atoms with E-state index in [1.54, 1.807) is 24.3 Å². The van der Waals surface area contributed by atoms with Crippen molar-refractivity contribution in [3.05, 3.63) is 70.9 Å². The highest BCUT2D eigenvalue weighted by atomic mass is 19.3. The number of rotatable bonds is 5. The highest BCUT2D eigenvalue weighted by Gasteiger charge is 2.47. The minimum absolute atomic E-state index is 0.262. The third-order valence-corrected chi connectivity index (χ3v) is 6.85. The van der Waals surface area contributed by atoms with Crippen molar-refractivity contribution >= 4 is 46.6 Å². The third-order valence-electron chi connectivity index (χ3n) is 6.85. The molecule has 1 aromatic heterocycles. The van der Waals surface area contributed by atoms with Crippen molar-refractivity contribution in [3.8, 4) is 6.07 Å². The Morgan fingerprint density at radius 2 is 1.90 bits per heavy atom. The molecule has 3 amide bonds. The van der Waals surface area contributed by atoms with Gasteiger partial charge < -0.3 is 15.3 Å². The standard InChI is InChI=1S/C28H23F2N5O4/c29-28(30)13-20(14-31)35(16-28)25(36)15-33-26(37)21-7-9-32-23-5-3-18(12-22(21)23)2-1-17-4-6-24-19(11-17)8-10-34(24)27(38)39/h1-7,9,11-12,20H,8,10,13,15-16H2,(H,33,37)(H,38,39)/b2-1+/t20-/m0/s1. The molecule has 1 fully saturated rings. The second-order valence-corrected chi connectivity index (χ2v) is 9.45. The molecule has 2 N–H and O–H groups in total. The van der Waals surface area contributed by atoms with E-state index in [2.05, 4.69) is 10.3 Å². The highest BCUT2D eigenvalue weighted by Crippen LogP contribution is 2.32. The molecule has 0 unspecified atom stereocenters. The molecule has 5 rings (SSSR count). The molecule has 0 spiro atoms. The van der Waals surface area contributed by atoms with Crippen LogP contribution in [0.25, 0.3) is 23.1 Å². The van der Waals surface area contributed by atoms with Crippen LogP contribution in [-0.2, 0) is 11.2 Å². The van der Waals surface area contributed by atoms with Gasteiger partial charge in [0.15, 0.2) is 0 Å². The number of hydrogen-bond acceptors (Lipinski definition) is 5. The number of carboxylic acid groups (broad SMARTS) is 1. The first-order valence-corrected chi connectivity index (χ1v) is 12.2. The van der Waals surface area contributed by atoms with Crippen LogP contribution in [0.1, 0.15) is 33.5 Å². The average molecular weight is 532 g/mol. The van der Waals surface area contributed by atoms with Crippen molar-refractivity contribution in [2.24, 2.45) is 0 Å². The second kappa shape index (κ2) is 10.1. The lowest BCUT2D eigenvalue weighted by atomic mass is 10.0. The van der Waals surface area contributed by atoms with E-state index >= 15 is 0 Å². The van der Waals surface area contributed by atoms with E-state index in [4.69, 9.17) is 5.26 Å². The summed E-state index contributed by atoms with van der Waals surface area (Å²) in [7, 11) is 0. The number of halogens is 2. The molecule has 11 heteroatoms. The number of carbonyl (C=O) groups is 3. The fourth-order valence-electron chi connectivity index (χ4n) is 4.93. The summed E-state index contributed by atoms with van der Waals surface area (Å²) < 4.78 is 27.3. The van der Waals surface area contributed by atoms with Gasteiger partial charge in [-0.1, -0.05) is 24.3 Å². The summed E-state index contributed by atoms with van der Waals surface area (Å²) in [5, 5.41) is 21.4. The van der Waals surface area contributed by atoms with Gasteiger partial charge in [0.1, 0.15) is 6.04 Å². The smallest absolute Gasteiger partial charge is 0.411 e. The van der Waals surface area contributed by atoms with E-state index in [9.17, 15) is 28.3 Å². The number of aromatic nitrogens is 1. The van der Waals surface area contributed by atoms with Gasteiger partial charge >= 0.3 is 6.09 Å². The number of benzene rings is 2. The summed E-state index contributed by atoms with van der Waals surface area (Å²) in [6, 6.07) is 12.9. The van der Waals surface area contributed by atoms with Crippen LogP contribution in [0.2, 0.25) is 0 Å². The minimum Gasteiger partial charge on any atom is -0.465 e. The van der Waals surface area contributed by atoms with Crippen molar-refractivity contribution in [1.82, 2.24) is 15.2 Å². The number of amides is 3. The first-order valence-electron chi connectivity index (χ1n) is 12.2. The van der Waals surface area contributed by atoms with Crippen LogP contribution in [0.5, 0.6) is 0 Å². The van der Waals surface area contributed by atoms with Gasteiger partial charge in [0.2, 0.25) is 5.91 Å². The number of likely N-dealkylation sites (tertiary alicyclic amines) is 1. The average Bonchev–Trinajstić information content (AvgIpc) is 3.49. The number of pyridine rings is 1. The molecule has 1 atom stereocenters. The van der Waals surface area contributed by atoms with Crippen LogP contribution in [0.15, 0.2) is 48.7 Å². The van der Waals surface area contributed by atoms with E-state index in [1.165, 1.54) is 17.2 Å². The fourth-order valence-corrected chi connectivity index (χ4v) is 4.93. The number of alkyl halides is 2. The van der Waals surface area contributed by atoms with E-state index in [0.29, 0.717) is 29.6 Å². The molecule has 39 heavy (non-hydrogen) atoms. The summed E-state index contributed by atoms with van der Waals surface area (Å²) in [6.45, 7) is -0.945. The van der Waals surface area contributed by atoms with Gasteiger partial charge in [-0.15, -0.1) is 0 Å². The first-order chi connectivity index (χ1) is 18.6. The Kier molecular flexibility index (Phi) is 6.70. The Bertz CT molecular complexity index is 1570. The molecule has 1 saturated heterocycles. The van der Waals surface area contributed by atoms with E-state index in [0.717, 1.165) is 21.6 Å².